The predicted molar refractivity (Wildman–Crippen MR) is 74.3 cm³/mol. The SMILES string of the molecule is CCC(CC)C(COC)(COC)C(CC)CC. The van der Waals surface area contributed by atoms with Crippen molar-refractivity contribution in [2.24, 2.45) is 17.3 Å². The molecule has 0 saturated carbocycles. The van der Waals surface area contributed by atoms with Crippen LogP contribution in [-0.4, -0.2) is 27.4 Å². The highest BCUT2D eigenvalue weighted by atomic mass is 16.5. The van der Waals surface area contributed by atoms with Gasteiger partial charge in [0.2, 0.25) is 0 Å². The van der Waals surface area contributed by atoms with Crippen molar-refractivity contribution >= 4 is 0 Å². The molecule has 0 aromatic carbocycles. The third-order valence-corrected chi connectivity index (χ3v) is 4.42. The molecule has 0 bridgehead atoms. The minimum Gasteiger partial charge on any atom is -0.384 e. The van der Waals surface area contributed by atoms with Gasteiger partial charge < -0.3 is 9.47 Å². The Morgan fingerprint density at radius 2 is 1.00 bits per heavy atom. The van der Waals surface area contributed by atoms with Crippen molar-refractivity contribution in [2.45, 2.75) is 53.4 Å². The largest absolute Gasteiger partial charge is 0.384 e. The minimum absolute atomic E-state index is 0.191. The zero-order chi connectivity index (χ0) is 13.3. The lowest BCUT2D eigenvalue weighted by Crippen LogP contribution is -2.45. The maximum Gasteiger partial charge on any atom is 0.0546 e. The van der Waals surface area contributed by atoms with Gasteiger partial charge in [0.05, 0.1) is 13.2 Å². The van der Waals surface area contributed by atoms with Crippen molar-refractivity contribution in [3.8, 4) is 0 Å². The quantitative estimate of drug-likeness (QED) is 0.575. The standard InChI is InChI=1S/C15H32O2/c1-7-13(8-2)15(11-16-5,12-17-6)14(9-3)10-4/h13-14H,7-12H2,1-6H3. The van der Waals surface area contributed by atoms with E-state index in [0.717, 1.165) is 13.2 Å². The summed E-state index contributed by atoms with van der Waals surface area (Å²) in [7, 11) is 3.63. The van der Waals surface area contributed by atoms with Crippen molar-refractivity contribution in [2.75, 3.05) is 27.4 Å². The van der Waals surface area contributed by atoms with Gasteiger partial charge in [-0.05, 0) is 11.8 Å². The Hall–Kier alpha value is -0.0800. The van der Waals surface area contributed by atoms with Crippen LogP contribution in [0.1, 0.15) is 53.4 Å². The summed E-state index contributed by atoms with van der Waals surface area (Å²) in [6, 6.07) is 0. The Balaban J connectivity index is 5.20. The molecule has 0 amide bonds. The van der Waals surface area contributed by atoms with E-state index in [0.29, 0.717) is 11.8 Å². The Bertz CT molecular complexity index is 152. The van der Waals surface area contributed by atoms with Crippen LogP contribution in [0.4, 0.5) is 0 Å². The fourth-order valence-corrected chi connectivity index (χ4v) is 3.59. The van der Waals surface area contributed by atoms with Crippen LogP contribution in [0.3, 0.4) is 0 Å². The van der Waals surface area contributed by atoms with Crippen LogP contribution in [0.25, 0.3) is 0 Å². The van der Waals surface area contributed by atoms with Gasteiger partial charge in [0.25, 0.3) is 0 Å². The molecule has 0 aliphatic heterocycles. The second-order valence-corrected chi connectivity index (χ2v) is 5.13. The first-order valence-electron chi connectivity index (χ1n) is 7.14. The summed E-state index contributed by atoms with van der Waals surface area (Å²) in [5.41, 5.74) is 0.191. The van der Waals surface area contributed by atoms with Crippen LogP contribution in [-0.2, 0) is 9.47 Å². The van der Waals surface area contributed by atoms with Crippen LogP contribution in [0.5, 0.6) is 0 Å². The van der Waals surface area contributed by atoms with Gasteiger partial charge in [0.1, 0.15) is 0 Å². The number of hydrogen-bond acceptors (Lipinski definition) is 2. The molecular weight excluding hydrogens is 212 g/mol. The highest BCUT2D eigenvalue weighted by Crippen LogP contribution is 2.43. The maximum atomic E-state index is 5.55. The van der Waals surface area contributed by atoms with E-state index in [2.05, 4.69) is 27.7 Å². The molecule has 0 heterocycles. The van der Waals surface area contributed by atoms with Crippen molar-refractivity contribution in [3.63, 3.8) is 0 Å². The molecule has 2 nitrogen and oxygen atoms in total. The molecule has 0 unspecified atom stereocenters. The zero-order valence-corrected chi connectivity index (χ0v) is 12.7. The molecule has 0 aliphatic rings. The average Bonchev–Trinajstić information content (AvgIpc) is 2.32. The summed E-state index contributed by atoms with van der Waals surface area (Å²) < 4.78 is 11.1. The molecule has 0 atom stereocenters. The minimum atomic E-state index is 0.191. The second-order valence-electron chi connectivity index (χ2n) is 5.13. The van der Waals surface area contributed by atoms with Crippen LogP contribution < -0.4 is 0 Å². The lowest BCUT2D eigenvalue weighted by atomic mass is 9.63. The molecular formula is C15H32O2. The maximum absolute atomic E-state index is 5.55. The van der Waals surface area contributed by atoms with Crippen LogP contribution >= 0.6 is 0 Å². The first-order chi connectivity index (χ1) is 8.16. The van der Waals surface area contributed by atoms with Crippen LogP contribution in [0, 0.1) is 17.3 Å². The van der Waals surface area contributed by atoms with Gasteiger partial charge in [-0.25, -0.2) is 0 Å². The fourth-order valence-electron chi connectivity index (χ4n) is 3.59. The Labute approximate surface area is 108 Å². The summed E-state index contributed by atoms with van der Waals surface area (Å²) in [5, 5.41) is 0. The summed E-state index contributed by atoms with van der Waals surface area (Å²) in [5.74, 6) is 1.37. The number of hydrogen-bond donors (Lipinski definition) is 0. The summed E-state index contributed by atoms with van der Waals surface area (Å²) in [6.07, 6.45) is 4.83. The molecule has 0 aromatic rings. The average molecular weight is 244 g/mol. The van der Waals surface area contributed by atoms with Crippen molar-refractivity contribution in [1.29, 1.82) is 0 Å². The monoisotopic (exact) mass is 244 g/mol. The van der Waals surface area contributed by atoms with Crippen molar-refractivity contribution < 1.29 is 9.47 Å². The number of rotatable bonds is 10. The molecule has 0 radical (unpaired) electrons. The highest BCUT2D eigenvalue weighted by molar-refractivity contribution is 4.90. The Kier molecular flexibility index (Phi) is 8.89. The highest BCUT2D eigenvalue weighted by Gasteiger charge is 2.42. The molecule has 0 fully saturated rings. The molecule has 0 aromatic heterocycles. The normalized spacial score (nSPS) is 12.7. The van der Waals surface area contributed by atoms with Gasteiger partial charge in [-0.3, -0.25) is 0 Å². The Morgan fingerprint density at radius 1 is 0.706 bits per heavy atom. The van der Waals surface area contributed by atoms with Gasteiger partial charge in [-0.2, -0.15) is 0 Å². The predicted octanol–water partition coefficient (Wildman–Crippen LogP) is 4.14. The molecule has 0 rings (SSSR count). The number of methoxy groups -OCH3 is 2. The molecule has 0 saturated heterocycles. The van der Waals surface area contributed by atoms with E-state index in [1.54, 1.807) is 0 Å². The number of ether oxygens (including phenoxy) is 2. The van der Waals surface area contributed by atoms with E-state index in [-0.39, 0.29) is 5.41 Å². The first kappa shape index (κ1) is 16.9. The van der Waals surface area contributed by atoms with E-state index in [9.17, 15) is 0 Å². The third-order valence-electron chi connectivity index (χ3n) is 4.42. The molecule has 0 aliphatic carbocycles. The molecule has 17 heavy (non-hydrogen) atoms. The van der Waals surface area contributed by atoms with E-state index in [1.165, 1.54) is 25.7 Å². The van der Waals surface area contributed by atoms with E-state index in [4.69, 9.17) is 9.47 Å². The van der Waals surface area contributed by atoms with E-state index in [1.807, 2.05) is 14.2 Å². The van der Waals surface area contributed by atoms with Gasteiger partial charge in [-0.15, -0.1) is 0 Å². The van der Waals surface area contributed by atoms with Crippen molar-refractivity contribution in [1.82, 2.24) is 0 Å². The molecule has 0 N–H and O–H groups in total. The van der Waals surface area contributed by atoms with Crippen LogP contribution in [0.2, 0.25) is 0 Å². The molecule has 104 valence electrons. The summed E-state index contributed by atoms with van der Waals surface area (Å²) >= 11 is 0. The lowest BCUT2D eigenvalue weighted by Gasteiger charge is -2.45. The van der Waals surface area contributed by atoms with Gasteiger partial charge in [-0.1, -0.05) is 53.4 Å². The smallest absolute Gasteiger partial charge is 0.0546 e. The lowest BCUT2D eigenvalue weighted by molar-refractivity contribution is -0.0751. The second kappa shape index (κ2) is 8.93. The van der Waals surface area contributed by atoms with E-state index >= 15 is 0 Å². The van der Waals surface area contributed by atoms with Gasteiger partial charge in [0, 0.05) is 19.6 Å². The molecule has 2 heteroatoms. The third kappa shape index (κ3) is 3.96. The topological polar surface area (TPSA) is 18.5 Å². The zero-order valence-electron chi connectivity index (χ0n) is 12.7. The van der Waals surface area contributed by atoms with Gasteiger partial charge >= 0.3 is 0 Å². The first-order valence-corrected chi connectivity index (χ1v) is 7.14. The van der Waals surface area contributed by atoms with E-state index < -0.39 is 0 Å². The van der Waals surface area contributed by atoms with Gasteiger partial charge in [0.15, 0.2) is 0 Å². The Morgan fingerprint density at radius 3 is 1.18 bits per heavy atom. The van der Waals surface area contributed by atoms with Crippen molar-refractivity contribution in [3.05, 3.63) is 0 Å². The molecule has 0 spiro atoms. The van der Waals surface area contributed by atoms with Crippen LogP contribution in [0.15, 0.2) is 0 Å². The summed E-state index contributed by atoms with van der Waals surface area (Å²) in [6.45, 7) is 10.8. The summed E-state index contributed by atoms with van der Waals surface area (Å²) in [4.78, 5) is 0. The fraction of sp³-hybridized carbons (Fsp3) is 1.00.